The molecule has 0 saturated heterocycles. The molecule has 1 aliphatic rings. The van der Waals surface area contributed by atoms with Crippen LogP contribution in [0.15, 0.2) is 0 Å². The smallest absolute Gasteiger partial charge is 0.306 e. The van der Waals surface area contributed by atoms with E-state index in [0.29, 0.717) is 6.10 Å². The summed E-state index contributed by atoms with van der Waals surface area (Å²) >= 11 is 1.83. The third-order valence-corrected chi connectivity index (χ3v) is 3.57. The standard InChI is InChI=1S/C11H20O3S/c1-15-8-2-7-14-10-5-3-9(4-6-10)11(12)13/h9-10H,2-8H2,1H3,(H,12,13). The average Bonchev–Trinajstić information content (AvgIpc) is 2.25. The van der Waals surface area contributed by atoms with Crippen molar-refractivity contribution in [2.45, 2.75) is 38.2 Å². The highest BCUT2D eigenvalue weighted by atomic mass is 32.2. The number of hydrogen-bond acceptors (Lipinski definition) is 3. The van der Waals surface area contributed by atoms with Crippen LogP contribution in [0.3, 0.4) is 0 Å². The largest absolute Gasteiger partial charge is 0.481 e. The van der Waals surface area contributed by atoms with E-state index >= 15 is 0 Å². The Hall–Kier alpha value is -0.220. The zero-order valence-corrected chi connectivity index (χ0v) is 10.1. The monoisotopic (exact) mass is 232 g/mol. The molecule has 4 heteroatoms. The summed E-state index contributed by atoms with van der Waals surface area (Å²) in [5.74, 6) is 0.372. The van der Waals surface area contributed by atoms with E-state index in [0.717, 1.165) is 44.5 Å². The maximum absolute atomic E-state index is 10.7. The fourth-order valence-corrected chi connectivity index (χ4v) is 2.34. The molecule has 15 heavy (non-hydrogen) atoms. The minimum Gasteiger partial charge on any atom is -0.481 e. The van der Waals surface area contributed by atoms with Gasteiger partial charge in [-0.1, -0.05) is 0 Å². The van der Waals surface area contributed by atoms with Crippen LogP contribution in [0, 0.1) is 5.92 Å². The van der Waals surface area contributed by atoms with Crippen LogP contribution in [-0.2, 0) is 9.53 Å². The fourth-order valence-electron chi connectivity index (χ4n) is 1.93. The minimum absolute atomic E-state index is 0.129. The number of carbonyl (C=O) groups is 1. The number of hydrogen-bond donors (Lipinski definition) is 1. The van der Waals surface area contributed by atoms with Crippen molar-refractivity contribution in [3.05, 3.63) is 0 Å². The van der Waals surface area contributed by atoms with Crippen molar-refractivity contribution in [2.24, 2.45) is 5.92 Å². The number of ether oxygens (including phenoxy) is 1. The van der Waals surface area contributed by atoms with Gasteiger partial charge >= 0.3 is 5.97 Å². The highest BCUT2D eigenvalue weighted by Gasteiger charge is 2.25. The van der Waals surface area contributed by atoms with Gasteiger partial charge in [0.25, 0.3) is 0 Å². The molecule has 0 radical (unpaired) electrons. The summed E-state index contributed by atoms with van der Waals surface area (Å²) in [4.78, 5) is 10.7. The van der Waals surface area contributed by atoms with Gasteiger partial charge in [-0.25, -0.2) is 0 Å². The molecule has 1 aliphatic carbocycles. The van der Waals surface area contributed by atoms with Crippen molar-refractivity contribution in [1.82, 2.24) is 0 Å². The summed E-state index contributed by atoms with van der Waals surface area (Å²) in [5, 5.41) is 8.83. The van der Waals surface area contributed by atoms with Crippen LogP contribution >= 0.6 is 11.8 Å². The molecule has 0 aromatic carbocycles. The molecular formula is C11H20O3S. The Morgan fingerprint density at radius 2 is 2.07 bits per heavy atom. The maximum Gasteiger partial charge on any atom is 0.306 e. The second-order valence-corrected chi connectivity index (χ2v) is 5.01. The molecule has 0 unspecified atom stereocenters. The van der Waals surface area contributed by atoms with E-state index in [1.54, 1.807) is 0 Å². The van der Waals surface area contributed by atoms with Gasteiger partial charge in [-0.05, 0) is 44.1 Å². The molecule has 3 nitrogen and oxygen atoms in total. The first-order valence-electron chi connectivity index (χ1n) is 5.57. The second kappa shape index (κ2) is 7.12. The molecule has 0 spiro atoms. The van der Waals surface area contributed by atoms with Gasteiger partial charge in [0.1, 0.15) is 0 Å². The van der Waals surface area contributed by atoms with Gasteiger partial charge < -0.3 is 9.84 Å². The Kier molecular flexibility index (Phi) is 6.10. The number of carboxylic acids is 1. The molecule has 0 atom stereocenters. The van der Waals surface area contributed by atoms with Crippen molar-refractivity contribution in [3.8, 4) is 0 Å². The third kappa shape index (κ3) is 4.89. The minimum atomic E-state index is -0.643. The van der Waals surface area contributed by atoms with Crippen LogP contribution in [0.1, 0.15) is 32.1 Å². The Morgan fingerprint density at radius 3 is 2.60 bits per heavy atom. The molecule has 0 bridgehead atoms. The molecule has 0 aromatic heterocycles. The van der Waals surface area contributed by atoms with E-state index in [-0.39, 0.29) is 5.92 Å². The molecule has 0 amide bonds. The van der Waals surface area contributed by atoms with Crippen LogP contribution in [0.25, 0.3) is 0 Å². The number of thioether (sulfide) groups is 1. The molecule has 88 valence electrons. The van der Waals surface area contributed by atoms with E-state index in [2.05, 4.69) is 6.26 Å². The van der Waals surface area contributed by atoms with Crippen LogP contribution in [0.5, 0.6) is 0 Å². The fraction of sp³-hybridized carbons (Fsp3) is 0.909. The zero-order chi connectivity index (χ0) is 11.1. The Morgan fingerprint density at radius 1 is 1.40 bits per heavy atom. The van der Waals surface area contributed by atoms with Crippen LogP contribution in [0.4, 0.5) is 0 Å². The van der Waals surface area contributed by atoms with E-state index < -0.39 is 5.97 Å². The van der Waals surface area contributed by atoms with Gasteiger partial charge in [0.05, 0.1) is 12.0 Å². The maximum atomic E-state index is 10.7. The summed E-state index contributed by atoms with van der Waals surface area (Å²) in [6.07, 6.45) is 6.89. The Bertz CT molecular complexity index is 188. The first kappa shape index (κ1) is 12.8. The van der Waals surface area contributed by atoms with Crippen molar-refractivity contribution >= 4 is 17.7 Å². The summed E-state index contributed by atoms with van der Waals surface area (Å²) in [5.41, 5.74) is 0. The second-order valence-electron chi connectivity index (χ2n) is 4.03. The summed E-state index contributed by atoms with van der Waals surface area (Å²) in [6, 6.07) is 0. The van der Waals surface area contributed by atoms with Gasteiger partial charge in [0.15, 0.2) is 0 Å². The molecule has 0 heterocycles. The first-order chi connectivity index (χ1) is 7.24. The summed E-state index contributed by atoms with van der Waals surface area (Å²) in [7, 11) is 0. The van der Waals surface area contributed by atoms with Crippen molar-refractivity contribution in [2.75, 3.05) is 18.6 Å². The topological polar surface area (TPSA) is 46.5 Å². The van der Waals surface area contributed by atoms with E-state index in [4.69, 9.17) is 9.84 Å². The van der Waals surface area contributed by atoms with Crippen LogP contribution < -0.4 is 0 Å². The van der Waals surface area contributed by atoms with Crippen LogP contribution in [-0.4, -0.2) is 35.8 Å². The summed E-state index contributed by atoms with van der Waals surface area (Å²) < 4.78 is 5.71. The third-order valence-electron chi connectivity index (χ3n) is 2.87. The lowest BCUT2D eigenvalue weighted by Gasteiger charge is -2.26. The number of rotatable bonds is 6. The zero-order valence-electron chi connectivity index (χ0n) is 9.28. The molecule has 1 N–H and O–H groups in total. The molecule has 0 aromatic rings. The van der Waals surface area contributed by atoms with E-state index in [1.807, 2.05) is 11.8 Å². The van der Waals surface area contributed by atoms with Gasteiger partial charge in [0, 0.05) is 6.61 Å². The average molecular weight is 232 g/mol. The lowest BCUT2D eigenvalue weighted by atomic mass is 9.87. The molecule has 1 fully saturated rings. The SMILES string of the molecule is CSCCCOC1CCC(C(=O)O)CC1. The lowest BCUT2D eigenvalue weighted by Crippen LogP contribution is -2.26. The molecule has 1 rings (SSSR count). The summed E-state index contributed by atoms with van der Waals surface area (Å²) in [6.45, 7) is 0.823. The number of aliphatic carboxylic acids is 1. The normalized spacial score (nSPS) is 26.5. The lowest BCUT2D eigenvalue weighted by molar-refractivity contribution is -0.143. The van der Waals surface area contributed by atoms with Crippen molar-refractivity contribution in [3.63, 3.8) is 0 Å². The molecule has 0 aliphatic heterocycles. The predicted octanol–water partition coefficient (Wildman–Crippen LogP) is 2.40. The molecular weight excluding hydrogens is 212 g/mol. The number of carboxylic acid groups (broad SMARTS) is 1. The van der Waals surface area contributed by atoms with Crippen molar-refractivity contribution in [1.29, 1.82) is 0 Å². The highest BCUT2D eigenvalue weighted by Crippen LogP contribution is 2.26. The predicted molar refractivity (Wildman–Crippen MR) is 62.3 cm³/mol. The van der Waals surface area contributed by atoms with Gasteiger partial charge in [-0.3, -0.25) is 4.79 Å². The Labute approximate surface area is 95.6 Å². The van der Waals surface area contributed by atoms with Gasteiger partial charge in [-0.2, -0.15) is 11.8 Å². The van der Waals surface area contributed by atoms with Crippen molar-refractivity contribution < 1.29 is 14.6 Å². The first-order valence-corrected chi connectivity index (χ1v) is 6.96. The van der Waals surface area contributed by atoms with Gasteiger partial charge in [-0.15, -0.1) is 0 Å². The van der Waals surface area contributed by atoms with Crippen LogP contribution in [0.2, 0.25) is 0 Å². The Balaban J connectivity index is 2.07. The molecule has 1 saturated carbocycles. The van der Waals surface area contributed by atoms with Gasteiger partial charge in [0.2, 0.25) is 0 Å². The van der Waals surface area contributed by atoms with E-state index in [9.17, 15) is 4.79 Å². The quantitative estimate of drug-likeness (QED) is 0.714. The van der Waals surface area contributed by atoms with E-state index in [1.165, 1.54) is 0 Å². The highest BCUT2D eigenvalue weighted by molar-refractivity contribution is 7.98.